The summed E-state index contributed by atoms with van der Waals surface area (Å²) in [5.74, 6) is 3.68. The van der Waals surface area contributed by atoms with Crippen LogP contribution in [0.5, 0.6) is 0 Å². The molecule has 2 aromatic rings. The fraction of sp³-hybridized carbons (Fsp3) is 0.217. The van der Waals surface area contributed by atoms with Crippen LogP contribution in [0.2, 0.25) is 0 Å². The van der Waals surface area contributed by atoms with Crippen molar-refractivity contribution in [3.05, 3.63) is 95.1 Å². The van der Waals surface area contributed by atoms with Gasteiger partial charge in [0.15, 0.2) is 0 Å². The molecule has 1 heteroatoms. The molecule has 3 rings (SSSR count). The van der Waals surface area contributed by atoms with Crippen molar-refractivity contribution in [3.8, 4) is 12.0 Å². The Balaban J connectivity index is 2.09. The van der Waals surface area contributed by atoms with Crippen molar-refractivity contribution >= 4 is 0 Å². The van der Waals surface area contributed by atoms with Crippen LogP contribution in [0.15, 0.2) is 84.0 Å². The molecule has 0 saturated heterocycles. The highest BCUT2D eigenvalue weighted by molar-refractivity contribution is 5.61. The van der Waals surface area contributed by atoms with Gasteiger partial charge in [-0.05, 0) is 42.0 Å². The standard InChI is InChI=1S/C23H22O/c1-4-24-16-15-21-17(2)22(19-11-7-5-8-12-19)23(18(21)3)20-13-9-6-10-14-20/h5-14,22-23H,2,4H2,1,3H3/t22-,23-/m1/s1. The molecule has 1 aliphatic carbocycles. The smallest absolute Gasteiger partial charge is 0.115 e. The second-order valence-electron chi connectivity index (χ2n) is 6.02. The third-order valence-electron chi connectivity index (χ3n) is 4.60. The van der Waals surface area contributed by atoms with Gasteiger partial charge in [-0.1, -0.05) is 67.2 Å². The van der Waals surface area contributed by atoms with Gasteiger partial charge < -0.3 is 4.74 Å². The van der Waals surface area contributed by atoms with Crippen molar-refractivity contribution in [2.75, 3.05) is 6.61 Å². The summed E-state index contributed by atoms with van der Waals surface area (Å²) in [5.41, 5.74) is 5.97. The zero-order valence-corrected chi connectivity index (χ0v) is 14.3. The Labute approximate surface area is 144 Å². The zero-order chi connectivity index (χ0) is 16.9. The average Bonchev–Trinajstić information content (AvgIpc) is 2.88. The molecule has 0 amide bonds. The average molecular weight is 314 g/mol. The van der Waals surface area contributed by atoms with Crippen LogP contribution < -0.4 is 0 Å². The first-order valence-corrected chi connectivity index (χ1v) is 8.36. The molecule has 0 saturated carbocycles. The minimum atomic E-state index is 0.222. The summed E-state index contributed by atoms with van der Waals surface area (Å²) >= 11 is 0. The molecule has 0 heterocycles. The van der Waals surface area contributed by atoms with Gasteiger partial charge in [0.25, 0.3) is 0 Å². The molecular weight excluding hydrogens is 292 g/mol. The van der Waals surface area contributed by atoms with Gasteiger partial charge in [0.2, 0.25) is 0 Å². The first-order chi connectivity index (χ1) is 11.7. The summed E-state index contributed by atoms with van der Waals surface area (Å²) < 4.78 is 5.24. The Morgan fingerprint density at radius 1 is 0.917 bits per heavy atom. The highest BCUT2D eigenvalue weighted by Gasteiger charge is 2.37. The van der Waals surface area contributed by atoms with E-state index in [4.69, 9.17) is 4.74 Å². The quantitative estimate of drug-likeness (QED) is 0.686. The van der Waals surface area contributed by atoms with E-state index in [0.717, 1.165) is 11.1 Å². The van der Waals surface area contributed by atoms with Crippen LogP contribution in [0.4, 0.5) is 0 Å². The van der Waals surface area contributed by atoms with Gasteiger partial charge in [-0.15, -0.1) is 0 Å². The van der Waals surface area contributed by atoms with Crippen LogP contribution >= 0.6 is 0 Å². The number of hydrogen-bond donors (Lipinski definition) is 0. The molecule has 2 aromatic carbocycles. The van der Waals surface area contributed by atoms with Gasteiger partial charge in [0.1, 0.15) is 6.11 Å². The Hall–Kier alpha value is -2.72. The third-order valence-corrected chi connectivity index (χ3v) is 4.60. The molecule has 0 spiro atoms. The van der Waals surface area contributed by atoms with Gasteiger partial charge >= 0.3 is 0 Å². The number of allylic oxidation sites excluding steroid dienone is 3. The van der Waals surface area contributed by atoms with Gasteiger partial charge in [0, 0.05) is 17.4 Å². The summed E-state index contributed by atoms with van der Waals surface area (Å²) in [6.45, 7) is 9.09. The van der Waals surface area contributed by atoms with Crippen LogP contribution in [0, 0.1) is 12.0 Å². The molecule has 0 N–H and O–H groups in total. The van der Waals surface area contributed by atoms with E-state index >= 15 is 0 Å². The third kappa shape index (κ3) is 3.01. The second-order valence-corrected chi connectivity index (χ2v) is 6.02. The fourth-order valence-corrected chi connectivity index (χ4v) is 3.51. The molecule has 0 radical (unpaired) electrons. The van der Waals surface area contributed by atoms with Crippen LogP contribution in [0.25, 0.3) is 0 Å². The highest BCUT2D eigenvalue weighted by Crippen LogP contribution is 2.51. The highest BCUT2D eigenvalue weighted by atomic mass is 16.5. The van der Waals surface area contributed by atoms with Crippen molar-refractivity contribution in [2.24, 2.45) is 0 Å². The topological polar surface area (TPSA) is 9.23 Å². The van der Waals surface area contributed by atoms with Crippen molar-refractivity contribution in [3.63, 3.8) is 0 Å². The molecular formula is C23H22O. The molecule has 2 atom stereocenters. The van der Waals surface area contributed by atoms with E-state index < -0.39 is 0 Å². The maximum absolute atomic E-state index is 5.24. The van der Waals surface area contributed by atoms with Crippen molar-refractivity contribution in [1.29, 1.82) is 0 Å². The van der Waals surface area contributed by atoms with Gasteiger partial charge in [-0.25, -0.2) is 0 Å². The van der Waals surface area contributed by atoms with E-state index in [2.05, 4.69) is 86.2 Å². The van der Waals surface area contributed by atoms with E-state index in [1.807, 2.05) is 6.92 Å². The molecule has 0 unspecified atom stereocenters. The minimum Gasteiger partial charge on any atom is -0.447 e. The number of hydrogen-bond acceptors (Lipinski definition) is 1. The van der Waals surface area contributed by atoms with Crippen molar-refractivity contribution < 1.29 is 4.74 Å². The summed E-state index contributed by atoms with van der Waals surface area (Å²) in [7, 11) is 0. The SMILES string of the molecule is C=C1C(C#COCC)=C(C)[C@H](c2ccccc2)[C@H]1c1ccccc1. The lowest BCUT2D eigenvalue weighted by Crippen LogP contribution is -2.08. The first-order valence-electron chi connectivity index (χ1n) is 8.36. The van der Waals surface area contributed by atoms with E-state index in [9.17, 15) is 0 Å². The summed E-state index contributed by atoms with van der Waals surface area (Å²) in [4.78, 5) is 0. The molecule has 0 fully saturated rings. The number of benzene rings is 2. The lowest BCUT2D eigenvalue weighted by Gasteiger charge is -2.23. The maximum Gasteiger partial charge on any atom is 0.115 e. The number of rotatable bonds is 3. The van der Waals surface area contributed by atoms with Gasteiger partial charge in [0.05, 0.1) is 6.61 Å². The van der Waals surface area contributed by atoms with Crippen LogP contribution in [0.1, 0.15) is 36.8 Å². The molecule has 1 aliphatic rings. The predicted octanol–water partition coefficient (Wildman–Crippen LogP) is 5.44. The molecule has 0 aromatic heterocycles. The monoisotopic (exact) mass is 314 g/mol. The zero-order valence-electron chi connectivity index (χ0n) is 14.3. The molecule has 0 bridgehead atoms. The Bertz CT molecular complexity index is 803. The first kappa shape index (κ1) is 16.1. The van der Waals surface area contributed by atoms with Gasteiger partial charge in [-0.3, -0.25) is 0 Å². The lowest BCUT2D eigenvalue weighted by atomic mass is 9.80. The summed E-state index contributed by atoms with van der Waals surface area (Å²) in [5, 5.41) is 0. The Morgan fingerprint density at radius 3 is 2.00 bits per heavy atom. The van der Waals surface area contributed by atoms with E-state index in [1.165, 1.54) is 16.7 Å². The molecule has 120 valence electrons. The van der Waals surface area contributed by atoms with Crippen molar-refractivity contribution in [1.82, 2.24) is 0 Å². The second kappa shape index (κ2) is 7.23. The molecule has 1 nitrogen and oxygen atoms in total. The summed E-state index contributed by atoms with van der Waals surface area (Å²) in [6, 6.07) is 21.2. The normalized spacial score (nSPS) is 19.8. The summed E-state index contributed by atoms with van der Waals surface area (Å²) in [6.07, 6.45) is 2.81. The fourth-order valence-electron chi connectivity index (χ4n) is 3.51. The predicted molar refractivity (Wildman–Crippen MR) is 99.6 cm³/mol. The van der Waals surface area contributed by atoms with Crippen LogP contribution in [-0.4, -0.2) is 6.61 Å². The molecule has 0 aliphatic heterocycles. The van der Waals surface area contributed by atoms with E-state index in [-0.39, 0.29) is 11.8 Å². The van der Waals surface area contributed by atoms with E-state index in [1.54, 1.807) is 0 Å². The largest absolute Gasteiger partial charge is 0.447 e. The molecule has 24 heavy (non-hydrogen) atoms. The van der Waals surface area contributed by atoms with Crippen LogP contribution in [0.3, 0.4) is 0 Å². The van der Waals surface area contributed by atoms with Gasteiger partial charge in [-0.2, -0.15) is 0 Å². The van der Waals surface area contributed by atoms with Crippen LogP contribution in [-0.2, 0) is 4.74 Å². The van der Waals surface area contributed by atoms with Crippen molar-refractivity contribution in [2.45, 2.75) is 25.7 Å². The maximum atomic E-state index is 5.24. The Morgan fingerprint density at radius 2 is 1.46 bits per heavy atom. The Kier molecular flexibility index (Phi) is 4.87. The minimum absolute atomic E-state index is 0.222. The van der Waals surface area contributed by atoms with E-state index in [0.29, 0.717) is 6.61 Å². The lowest BCUT2D eigenvalue weighted by molar-refractivity contribution is 0.299. The number of ether oxygens (including phenoxy) is 1.